The number of nitrogens with two attached hydrogens (primary N) is 1. The molecule has 0 radical (unpaired) electrons. The minimum absolute atomic E-state index is 0.124. The van der Waals surface area contributed by atoms with E-state index in [-0.39, 0.29) is 16.0 Å². The van der Waals surface area contributed by atoms with Crippen molar-refractivity contribution >= 4 is 31.6 Å². The standard InChI is InChI=1S/C9H13ClN2O4S2/c1-6(2)12-18(15,16)7-3-4-8(10)9(5-7)17(11,13)14/h3-6,12H,1-2H3,(H2,11,13,14). The van der Waals surface area contributed by atoms with Crippen molar-refractivity contribution in [3.63, 3.8) is 0 Å². The molecule has 0 fully saturated rings. The zero-order valence-electron chi connectivity index (χ0n) is 9.71. The molecule has 6 nitrogen and oxygen atoms in total. The summed E-state index contributed by atoms with van der Waals surface area (Å²) in [6.07, 6.45) is 0. The third-order valence-electron chi connectivity index (χ3n) is 1.91. The highest BCUT2D eigenvalue weighted by molar-refractivity contribution is 7.90. The molecule has 0 saturated heterocycles. The molecule has 1 aromatic carbocycles. The van der Waals surface area contributed by atoms with Crippen LogP contribution >= 0.6 is 11.6 Å². The van der Waals surface area contributed by atoms with Crippen LogP contribution in [0.3, 0.4) is 0 Å². The summed E-state index contributed by atoms with van der Waals surface area (Å²) in [5, 5.41) is 4.82. The van der Waals surface area contributed by atoms with Crippen LogP contribution < -0.4 is 9.86 Å². The van der Waals surface area contributed by atoms with Crippen LogP contribution in [0.15, 0.2) is 28.0 Å². The summed E-state index contributed by atoms with van der Waals surface area (Å²) in [7, 11) is -7.86. The van der Waals surface area contributed by atoms with Gasteiger partial charge in [-0.1, -0.05) is 11.6 Å². The van der Waals surface area contributed by atoms with E-state index in [0.717, 1.165) is 6.07 Å². The maximum atomic E-state index is 11.8. The first kappa shape index (κ1) is 15.4. The third-order valence-corrected chi connectivity index (χ3v) is 4.96. The van der Waals surface area contributed by atoms with Gasteiger partial charge in [-0.05, 0) is 32.0 Å². The van der Waals surface area contributed by atoms with Gasteiger partial charge >= 0.3 is 0 Å². The highest BCUT2D eigenvalue weighted by Crippen LogP contribution is 2.23. The van der Waals surface area contributed by atoms with E-state index in [2.05, 4.69) is 4.72 Å². The molecule has 3 N–H and O–H groups in total. The third kappa shape index (κ3) is 3.66. The van der Waals surface area contributed by atoms with Crippen LogP contribution in [0.5, 0.6) is 0 Å². The lowest BCUT2D eigenvalue weighted by atomic mass is 10.4. The van der Waals surface area contributed by atoms with Crippen LogP contribution in [0.1, 0.15) is 13.8 Å². The van der Waals surface area contributed by atoms with Gasteiger partial charge in [-0.3, -0.25) is 0 Å². The monoisotopic (exact) mass is 312 g/mol. The minimum Gasteiger partial charge on any atom is -0.225 e. The molecule has 0 saturated carbocycles. The van der Waals surface area contributed by atoms with Gasteiger partial charge in [0.15, 0.2) is 0 Å². The lowest BCUT2D eigenvalue weighted by Crippen LogP contribution is -2.30. The molecule has 0 aliphatic rings. The number of nitrogens with one attached hydrogen (secondary N) is 1. The summed E-state index contributed by atoms with van der Waals surface area (Å²) in [6, 6.07) is 3.00. The first-order chi connectivity index (χ1) is 8.04. The normalized spacial score (nSPS) is 12.9. The fraction of sp³-hybridized carbons (Fsp3) is 0.333. The van der Waals surface area contributed by atoms with Crippen molar-refractivity contribution in [1.29, 1.82) is 0 Å². The van der Waals surface area contributed by atoms with E-state index < -0.39 is 24.9 Å². The van der Waals surface area contributed by atoms with Crippen molar-refractivity contribution < 1.29 is 16.8 Å². The fourth-order valence-corrected chi connectivity index (χ4v) is 3.67. The van der Waals surface area contributed by atoms with E-state index in [0.29, 0.717) is 0 Å². The van der Waals surface area contributed by atoms with E-state index in [1.807, 2.05) is 0 Å². The zero-order chi connectivity index (χ0) is 14.1. The Hall–Kier alpha value is -0.670. The number of hydrogen-bond donors (Lipinski definition) is 2. The van der Waals surface area contributed by atoms with Crippen molar-refractivity contribution in [3.8, 4) is 0 Å². The van der Waals surface area contributed by atoms with Gasteiger partial charge in [-0.15, -0.1) is 0 Å². The molecular formula is C9H13ClN2O4S2. The van der Waals surface area contributed by atoms with Gasteiger partial charge in [0.1, 0.15) is 4.90 Å². The SMILES string of the molecule is CC(C)NS(=O)(=O)c1ccc(Cl)c(S(N)(=O)=O)c1. The minimum atomic E-state index is -4.07. The molecular weight excluding hydrogens is 300 g/mol. The Labute approximate surface area is 111 Å². The Bertz CT molecular complexity index is 653. The summed E-state index contributed by atoms with van der Waals surface area (Å²) in [6.45, 7) is 3.29. The van der Waals surface area contributed by atoms with Gasteiger partial charge < -0.3 is 0 Å². The lowest BCUT2D eigenvalue weighted by Gasteiger charge is -2.10. The first-order valence-electron chi connectivity index (χ1n) is 4.89. The zero-order valence-corrected chi connectivity index (χ0v) is 12.1. The molecule has 18 heavy (non-hydrogen) atoms. The molecule has 0 spiro atoms. The average molecular weight is 313 g/mol. The summed E-state index contributed by atoms with van der Waals surface area (Å²) in [5.41, 5.74) is 0. The Kier molecular flexibility index (Phi) is 4.39. The molecule has 0 heterocycles. The lowest BCUT2D eigenvalue weighted by molar-refractivity contribution is 0.569. The number of benzene rings is 1. The number of sulfonamides is 2. The molecule has 0 atom stereocenters. The number of hydrogen-bond acceptors (Lipinski definition) is 4. The maximum absolute atomic E-state index is 11.8. The highest BCUT2D eigenvalue weighted by Gasteiger charge is 2.20. The topological polar surface area (TPSA) is 106 Å². The van der Waals surface area contributed by atoms with Crippen molar-refractivity contribution in [1.82, 2.24) is 4.72 Å². The number of primary sulfonamides is 1. The number of rotatable bonds is 4. The Balaban J connectivity index is 3.39. The Morgan fingerprint density at radius 2 is 1.78 bits per heavy atom. The van der Waals surface area contributed by atoms with Gasteiger partial charge in [0.2, 0.25) is 20.0 Å². The van der Waals surface area contributed by atoms with E-state index in [1.54, 1.807) is 13.8 Å². The molecule has 1 rings (SSSR count). The van der Waals surface area contributed by atoms with E-state index in [4.69, 9.17) is 16.7 Å². The van der Waals surface area contributed by atoms with Crippen LogP contribution in [-0.2, 0) is 20.0 Å². The van der Waals surface area contributed by atoms with Gasteiger partial charge in [-0.25, -0.2) is 26.7 Å². The van der Waals surface area contributed by atoms with Gasteiger partial charge in [-0.2, -0.15) is 0 Å². The second-order valence-electron chi connectivity index (χ2n) is 3.91. The highest BCUT2D eigenvalue weighted by atomic mass is 35.5. The van der Waals surface area contributed by atoms with Crippen molar-refractivity contribution in [2.45, 2.75) is 29.7 Å². The first-order valence-corrected chi connectivity index (χ1v) is 8.29. The summed E-state index contributed by atoms with van der Waals surface area (Å²) in [5.74, 6) is 0. The molecule has 0 amide bonds. The van der Waals surface area contributed by atoms with E-state index in [9.17, 15) is 16.8 Å². The maximum Gasteiger partial charge on any atom is 0.240 e. The van der Waals surface area contributed by atoms with Crippen molar-refractivity contribution in [2.24, 2.45) is 5.14 Å². The van der Waals surface area contributed by atoms with Gasteiger partial charge in [0.05, 0.1) is 9.92 Å². The Morgan fingerprint density at radius 1 is 1.22 bits per heavy atom. The molecule has 102 valence electrons. The predicted octanol–water partition coefficient (Wildman–Crippen LogP) is 0.674. The van der Waals surface area contributed by atoms with Crippen LogP contribution in [0.4, 0.5) is 0 Å². The van der Waals surface area contributed by atoms with Crippen LogP contribution in [0.25, 0.3) is 0 Å². The fourth-order valence-electron chi connectivity index (χ4n) is 1.25. The Morgan fingerprint density at radius 3 is 2.22 bits per heavy atom. The predicted molar refractivity (Wildman–Crippen MR) is 68.3 cm³/mol. The molecule has 1 aromatic rings. The van der Waals surface area contributed by atoms with Crippen LogP contribution in [-0.4, -0.2) is 22.9 Å². The number of halogens is 1. The van der Waals surface area contributed by atoms with E-state index >= 15 is 0 Å². The largest absolute Gasteiger partial charge is 0.240 e. The van der Waals surface area contributed by atoms with Gasteiger partial charge in [0.25, 0.3) is 0 Å². The summed E-state index contributed by atoms with van der Waals surface area (Å²) in [4.78, 5) is -0.625. The molecule has 0 aromatic heterocycles. The summed E-state index contributed by atoms with van der Waals surface area (Å²) >= 11 is 5.66. The van der Waals surface area contributed by atoms with Gasteiger partial charge in [0, 0.05) is 6.04 Å². The van der Waals surface area contributed by atoms with Crippen molar-refractivity contribution in [2.75, 3.05) is 0 Å². The quantitative estimate of drug-likeness (QED) is 0.852. The second-order valence-corrected chi connectivity index (χ2v) is 7.56. The summed E-state index contributed by atoms with van der Waals surface area (Å²) < 4.78 is 48.5. The smallest absolute Gasteiger partial charge is 0.225 e. The molecule has 9 heteroatoms. The second kappa shape index (κ2) is 5.14. The van der Waals surface area contributed by atoms with E-state index in [1.165, 1.54) is 12.1 Å². The van der Waals surface area contributed by atoms with Crippen LogP contribution in [0, 0.1) is 0 Å². The molecule has 0 bridgehead atoms. The average Bonchev–Trinajstić information content (AvgIpc) is 2.13. The van der Waals surface area contributed by atoms with Crippen LogP contribution in [0.2, 0.25) is 5.02 Å². The molecule has 0 aliphatic carbocycles. The molecule has 0 unspecified atom stereocenters. The van der Waals surface area contributed by atoms with Crippen molar-refractivity contribution in [3.05, 3.63) is 23.2 Å². The molecule has 0 aliphatic heterocycles.